The maximum Gasteiger partial charge on any atom is 0.129 e. The molecule has 2 rings (SSSR count). The third-order valence-corrected chi connectivity index (χ3v) is 2.09. The Balaban J connectivity index is 2.43. The molecule has 1 N–H and O–H groups in total. The summed E-state index contributed by atoms with van der Waals surface area (Å²) in [7, 11) is 0. The summed E-state index contributed by atoms with van der Waals surface area (Å²) in [6.07, 6.45) is 2.85. The first-order valence-electron chi connectivity index (χ1n) is 3.66. The van der Waals surface area contributed by atoms with Gasteiger partial charge in [-0.05, 0) is 25.0 Å². The van der Waals surface area contributed by atoms with Gasteiger partial charge in [-0.15, -0.1) is 0 Å². The van der Waals surface area contributed by atoms with Crippen LogP contribution in [0.4, 0.5) is 5.69 Å². The Bertz CT molecular complexity index is 285. The fourth-order valence-corrected chi connectivity index (χ4v) is 1.59. The van der Waals surface area contributed by atoms with Gasteiger partial charge in [0.05, 0.1) is 11.9 Å². The normalized spacial score (nSPS) is 21.1. The van der Waals surface area contributed by atoms with E-state index in [-0.39, 0.29) is 0 Å². The van der Waals surface area contributed by atoms with Crippen LogP contribution in [0.5, 0.6) is 0 Å². The molecule has 1 aliphatic heterocycles. The molecular weight excluding hydrogens is 160 g/mol. The summed E-state index contributed by atoms with van der Waals surface area (Å²) in [5.41, 5.74) is 2.40. The summed E-state index contributed by atoms with van der Waals surface area (Å²) in [6.45, 7) is 2.15. The van der Waals surface area contributed by atoms with Crippen molar-refractivity contribution >= 4 is 17.3 Å². The second-order valence-corrected chi connectivity index (χ2v) is 3.30. The third-order valence-electron chi connectivity index (χ3n) is 1.88. The SMILES string of the molecule is CC1Cc2cc(Cl)ncc2N1. The maximum absolute atomic E-state index is 5.73. The van der Waals surface area contributed by atoms with Crippen LogP contribution in [0.15, 0.2) is 12.3 Å². The van der Waals surface area contributed by atoms with Crippen LogP contribution >= 0.6 is 11.6 Å². The molecule has 1 aromatic rings. The van der Waals surface area contributed by atoms with Gasteiger partial charge in [0.25, 0.3) is 0 Å². The predicted octanol–water partition coefficient (Wildman–Crippen LogP) is 2.09. The van der Waals surface area contributed by atoms with E-state index in [4.69, 9.17) is 11.6 Å². The van der Waals surface area contributed by atoms with E-state index in [9.17, 15) is 0 Å². The Morgan fingerprint density at radius 1 is 1.73 bits per heavy atom. The summed E-state index contributed by atoms with van der Waals surface area (Å²) in [5.74, 6) is 0. The number of halogens is 1. The monoisotopic (exact) mass is 168 g/mol. The molecule has 11 heavy (non-hydrogen) atoms. The van der Waals surface area contributed by atoms with E-state index in [0.29, 0.717) is 11.2 Å². The molecule has 0 saturated carbocycles. The molecule has 3 heteroatoms. The van der Waals surface area contributed by atoms with Crippen molar-refractivity contribution in [1.29, 1.82) is 0 Å². The second kappa shape index (κ2) is 2.38. The third kappa shape index (κ3) is 1.18. The average molecular weight is 169 g/mol. The average Bonchev–Trinajstić information content (AvgIpc) is 2.27. The predicted molar refractivity (Wildman–Crippen MR) is 46.0 cm³/mol. The van der Waals surface area contributed by atoms with Crippen LogP contribution in [0.1, 0.15) is 12.5 Å². The van der Waals surface area contributed by atoms with Crippen molar-refractivity contribution in [2.45, 2.75) is 19.4 Å². The number of pyridine rings is 1. The summed E-state index contributed by atoms with van der Waals surface area (Å²) >= 11 is 5.73. The number of rotatable bonds is 0. The van der Waals surface area contributed by atoms with Crippen LogP contribution in [0.25, 0.3) is 0 Å². The lowest BCUT2D eigenvalue weighted by atomic mass is 10.2. The number of anilines is 1. The van der Waals surface area contributed by atoms with Gasteiger partial charge in [0.2, 0.25) is 0 Å². The highest BCUT2D eigenvalue weighted by Gasteiger charge is 2.16. The standard InChI is InChI=1S/C8H9ClN2/c1-5-2-6-3-8(9)10-4-7(6)11-5/h3-5,11H,2H2,1H3. The van der Waals surface area contributed by atoms with Crippen molar-refractivity contribution in [3.05, 3.63) is 23.0 Å². The summed E-state index contributed by atoms with van der Waals surface area (Å²) in [5, 5.41) is 3.89. The molecule has 0 fully saturated rings. The van der Waals surface area contributed by atoms with Crippen molar-refractivity contribution in [2.24, 2.45) is 0 Å². The Labute approximate surface area is 70.6 Å². The molecule has 0 aliphatic carbocycles. The first-order valence-corrected chi connectivity index (χ1v) is 4.04. The lowest BCUT2D eigenvalue weighted by Gasteiger charge is -2.00. The van der Waals surface area contributed by atoms with Crippen LogP contribution in [-0.2, 0) is 6.42 Å². The number of nitrogens with zero attached hydrogens (tertiary/aromatic N) is 1. The van der Waals surface area contributed by atoms with Gasteiger partial charge in [-0.2, -0.15) is 0 Å². The number of hydrogen-bond donors (Lipinski definition) is 1. The molecule has 2 heterocycles. The van der Waals surface area contributed by atoms with Crippen molar-refractivity contribution in [2.75, 3.05) is 5.32 Å². The van der Waals surface area contributed by atoms with Crippen LogP contribution in [0, 0.1) is 0 Å². The molecule has 0 amide bonds. The maximum atomic E-state index is 5.73. The number of hydrogen-bond acceptors (Lipinski definition) is 2. The highest BCUT2D eigenvalue weighted by atomic mass is 35.5. The smallest absolute Gasteiger partial charge is 0.129 e. The van der Waals surface area contributed by atoms with Crippen LogP contribution in [-0.4, -0.2) is 11.0 Å². The Morgan fingerprint density at radius 2 is 2.55 bits per heavy atom. The first-order chi connectivity index (χ1) is 5.25. The van der Waals surface area contributed by atoms with E-state index in [1.54, 1.807) is 6.20 Å². The van der Waals surface area contributed by atoms with Crippen LogP contribution in [0.3, 0.4) is 0 Å². The van der Waals surface area contributed by atoms with E-state index < -0.39 is 0 Å². The zero-order valence-corrected chi connectivity index (χ0v) is 7.02. The molecule has 0 saturated heterocycles. The van der Waals surface area contributed by atoms with E-state index in [2.05, 4.69) is 17.2 Å². The number of fused-ring (bicyclic) bond motifs is 1. The minimum atomic E-state index is 0.519. The molecule has 1 atom stereocenters. The fourth-order valence-electron chi connectivity index (χ4n) is 1.41. The van der Waals surface area contributed by atoms with Gasteiger partial charge in [0.15, 0.2) is 0 Å². The second-order valence-electron chi connectivity index (χ2n) is 2.91. The van der Waals surface area contributed by atoms with Crippen molar-refractivity contribution in [1.82, 2.24) is 4.98 Å². The summed E-state index contributed by atoms with van der Waals surface area (Å²) in [6, 6.07) is 2.44. The lowest BCUT2D eigenvalue weighted by molar-refractivity contribution is 0.839. The quantitative estimate of drug-likeness (QED) is 0.600. The lowest BCUT2D eigenvalue weighted by Crippen LogP contribution is -2.08. The summed E-state index contributed by atoms with van der Waals surface area (Å²) in [4.78, 5) is 3.99. The first kappa shape index (κ1) is 6.92. The Morgan fingerprint density at radius 3 is 3.36 bits per heavy atom. The molecule has 1 aliphatic rings. The number of aromatic nitrogens is 1. The Hall–Kier alpha value is -0.760. The molecular formula is C8H9ClN2. The zero-order valence-electron chi connectivity index (χ0n) is 6.26. The minimum Gasteiger partial charge on any atom is -0.381 e. The van der Waals surface area contributed by atoms with Gasteiger partial charge in [-0.25, -0.2) is 4.98 Å². The van der Waals surface area contributed by atoms with Gasteiger partial charge < -0.3 is 5.32 Å². The van der Waals surface area contributed by atoms with Gasteiger partial charge in [-0.1, -0.05) is 11.6 Å². The summed E-state index contributed by atoms with van der Waals surface area (Å²) < 4.78 is 0. The molecule has 0 radical (unpaired) electrons. The van der Waals surface area contributed by atoms with Crippen molar-refractivity contribution in [3.63, 3.8) is 0 Å². The van der Waals surface area contributed by atoms with Gasteiger partial charge in [-0.3, -0.25) is 0 Å². The van der Waals surface area contributed by atoms with Crippen LogP contribution < -0.4 is 5.32 Å². The molecule has 58 valence electrons. The highest BCUT2D eigenvalue weighted by Crippen LogP contribution is 2.26. The van der Waals surface area contributed by atoms with Gasteiger partial charge in [0.1, 0.15) is 5.15 Å². The molecule has 0 aromatic carbocycles. The molecule has 2 nitrogen and oxygen atoms in total. The van der Waals surface area contributed by atoms with Crippen LogP contribution in [0.2, 0.25) is 5.15 Å². The minimum absolute atomic E-state index is 0.519. The molecule has 0 bridgehead atoms. The van der Waals surface area contributed by atoms with E-state index >= 15 is 0 Å². The fraction of sp³-hybridized carbons (Fsp3) is 0.375. The van der Waals surface area contributed by atoms with E-state index in [1.165, 1.54) is 5.56 Å². The topological polar surface area (TPSA) is 24.9 Å². The van der Waals surface area contributed by atoms with Gasteiger partial charge in [0, 0.05) is 6.04 Å². The highest BCUT2D eigenvalue weighted by molar-refractivity contribution is 6.29. The zero-order chi connectivity index (χ0) is 7.84. The molecule has 1 aromatic heterocycles. The number of nitrogens with one attached hydrogen (secondary N) is 1. The Kier molecular flexibility index (Phi) is 1.50. The van der Waals surface area contributed by atoms with Gasteiger partial charge >= 0.3 is 0 Å². The van der Waals surface area contributed by atoms with E-state index in [0.717, 1.165) is 12.1 Å². The molecule has 0 spiro atoms. The van der Waals surface area contributed by atoms with Crippen molar-refractivity contribution in [3.8, 4) is 0 Å². The van der Waals surface area contributed by atoms with Crippen molar-refractivity contribution < 1.29 is 0 Å². The van der Waals surface area contributed by atoms with E-state index in [1.807, 2.05) is 6.07 Å². The molecule has 1 unspecified atom stereocenters. The largest absolute Gasteiger partial charge is 0.381 e.